The van der Waals surface area contributed by atoms with Gasteiger partial charge in [-0.3, -0.25) is 19.2 Å². The van der Waals surface area contributed by atoms with Gasteiger partial charge < -0.3 is 249 Å². The Balaban J connectivity index is 1.08. The van der Waals surface area contributed by atoms with Crippen molar-refractivity contribution in [2.75, 3.05) is 59.5 Å². The van der Waals surface area contributed by atoms with E-state index in [9.17, 15) is 157 Å². The van der Waals surface area contributed by atoms with E-state index < -0.39 is 390 Å². The van der Waals surface area contributed by atoms with Crippen LogP contribution in [0.5, 0.6) is 0 Å². The number of amides is 4. The Bertz CT molecular complexity index is 3290. The molecule has 50 atom stereocenters. The summed E-state index contributed by atoms with van der Waals surface area (Å²) in [5.74, 6) is -3.81. The standard InChI is InChI=1S/C68H114N4O50/c1-15-33(83)44(94)48(98)63(107-15)105-13-27-54(42(92)29(59(103)108-27)69-16(2)79)117-62-32(72-19(5)82)43(93)53(25(11-78)114-62)118-67-52(102)57(121-68-58(47(97)38(88)24(10-77)113-68)122-61-31(71-18(4)81)41(91)35(85)21(7-74)110-61)55(119-60-30(70-17(3)80)40(90)34(84)20(6-73)109-60)28(116-67)14-106-65-51(101)56(120-66-50(100)46(96)37(87)23(9-76)112-66)39(89)26(115-65)12-104-64-49(99)45(95)36(86)22(8-75)111-64/h15,20-68,73-78,83-103H,6-14H2,1-5H3,(H,69,79)(H,70,80)(H,71,81)(H,72,82)/t15-,20-,21-,22-,23-,24-,25-,26-,27-,28-,29-,30-,31-,32-,33+,34-,35-,36-,37-,38-,39-,40-,41-,42-,43-,44+,45+,46+,47+,48-,49+,50+,51+,52+,53-,54-,55-,56+,57-,58+,59-,60+,61+,62+,63+,64+,65+,66-,67+,68-/m1/s1. The molecule has 0 saturated carbocycles. The molecule has 54 nitrogen and oxygen atoms in total. The van der Waals surface area contributed by atoms with E-state index in [1.165, 1.54) is 6.92 Å². The number of ether oxygens (including phenoxy) is 19. The molecule has 10 aliphatic rings. The lowest BCUT2D eigenvalue weighted by Crippen LogP contribution is -2.71. The van der Waals surface area contributed by atoms with Crippen LogP contribution in [0.2, 0.25) is 0 Å². The van der Waals surface area contributed by atoms with Crippen LogP contribution in [0.25, 0.3) is 0 Å². The lowest BCUT2D eigenvalue weighted by atomic mass is 9.93. The molecule has 706 valence electrons. The molecule has 4 amide bonds. The summed E-state index contributed by atoms with van der Waals surface area (Å²) in [7, 11) is 0. The first kappa shape index (κ1) is 100. The van der Waals surface area contributed by atoms with Crippen LogP contribution in [0.4, 0.5) is 0 Å². The maximum Gasteiger partial charge on any atom is 0.217 e. The highest BCUT2D eigenvalue weighted by Gasteiger charge is 2.62. The fourth-order valence-corrected chi connectivity index (χ4v) is 15.7. The summed E-state index contributed by atoms with van der Waals surface area (Å²) < 4.78 is 115. The molecule has 10 saturated heterocycles. The second-order valence-corrected chi connectivity index (χ2v) is 31.0. The average molecular weight is 1790 g/mol. The number of nitrogens with one attached hydrogen (secondary N) is 4. The Morgan fingerprint density at radius 2 is 0.516 bits per heavy atom. The van der Waals surface area contributed by atoms with Crippen molar-refractivity contribution >= 4 is 23.6 Å². The van der Waals surface area contributed by atoms with Crippen molar-refractivity contribution in [1.29, 1.82) is 0 Å². The number of aliphatic hydroxyl groups excluding tert-OH is 27. The zero-order valence-corrected chi connectivity index (χ0v) is 65.7. The molecule has 10 fully saturated rings. The third-order valence-corrected chi connectivity index (χ3v) is 22.4. The molecular weight excluding hydrogens is 1670 g/mol. The Hall–Kier alpha value is -3.96. The largest absolute Gasteiger partial charge is 0.394 e. The molecule has 0 radical (unpaired) electrons. The van der Waals surface area contributed by atoms with Crippen LogP contribution in [-0.2, 0) is 109 Å². The number of hydrogen-bond donors (Lipinski definition) is 31. The van der Waals surface area contributed by atoms with Crippen molar-refractivity contribution in [3.8, 4) is 0 Å². The van der Waals surface area contributed by atoms with Gasteiger partial charge in [-0.1, -0.05) is 0 Å². The van der Waals surface area contributed by atoms with E-state index in [4.69, 9.17) is 90.0 Å². The molecule has 0 spiro atoms. The van der Waals surface area contributed by atoms with E-state index >= 15 is 0 Å². The Labute approximate surface area is 691 Å². The second-order valence-electron chi connectivity index (χ2n) is 31.0. The van der Waals surface area contributed by atoms with Crippen molar-refractivity contribution in [1.82, 2.24) is 21.3 Å². The first-order chi connectivity index (χ1) is 57.6. The van der Waals surface area contributed by atoms with Crippen molar-refractivity contribution in [2.24, 2.45) is 0 Å². The topological polar surface area (TPSA) is 838 Å². The highest BCUT2D eigenvalue weighted by molar-refractivity contribution is 5.74. The monoisotopic (exact) mass is 1790 g/mol. The van der Waals surface area contributed by atoms with Crippen LogP contribution < -0.4 is 21.3 Å². The molecule has 10 heterocycles. The lowest BCUT2D eigenvalue weighted by molar-refractivity contribution is -0.407. The molecule has 0 aromatic carbocycles. The van der Waals surface area contributed by atoms with E-state index in [0.29, 0.717) is 0 Å². The normalized spacial score (nSPS) is 49.7. The molecule has 31 N–H and O–H groups in total. The Kier molecular flexibility index (Phi) is 35.8. The highest BCUT2D eigenvalue weighted by atomic mass is 16.8. The average Bonchev–Trinajstić information content (AvgIpc) is 0.753. The molecule has 54 heteroatoms. The summed E-state index contributed by atoms with van der Waals surface area (Å²) in [5, 5.41) is 312. The van der Waals surface area contributed by atoms with Crippen molar-refractivity contribution in [3.05, 3.63) is 0 Å². The van der Waals surface area contributed by atoms with Gasteiger partial charge >= 0.3 is 0 Å². The van der Waals surface area contributed by atoms with Gasteiger partial charge in [0.25, 0.3) is 0 Å². The minimum absolute atomic E-state index is 0.863. The van der Waals surface area contributed by atoms with Gasteiger partial charge in [0, 0.05) is 27.7 Å². The number of hydrogen-bond acceptors (Lipinski definition) is 50. The van der Waals surface area contributed by atoms with Crippen LogP contribution >= 0.6 is 0 Å². The first-order valence-electron chi connectivity index (χ1n) is 39.0. The molecular formula is C68H114N4O50. The quantitative estimate of drug-likeness (QED) is 0.0306. The van der Waals surface area contributed by atoms with Gasteiger partial charge in [0.15, 0.2) is 62.9 Å². The van der Waals surface area contributed by atoms with Gasteiger partial charge in [0.05, 0.1) is 65.6 Å². The van der Waals surface area contributed by atoms with Crippen molar-refractivity contribution in [2.45, 2.75) is 341 Å². The zero-order chi connectivity index (χ0) is 89.8. The van der Waals surface area contributed by atoms with Crippen molar-refractivity contribution in [3.63, 3.8) is 0 Å². The summed E-state index contributed by atoms with van der Waals surface area (Å²) in [5.41, 5.74) is 0. The maximum atomic E-state index is 13.4. The predicted octanol–water partition coefficient (Wildman–Crippen LogP) is -21.2. The third kappa shape index (κ3) is 22.2. The zero-order valence-electron chi connectivity index (χ0n) is 65.7. The number of carbonyl (C=O) groups is 4. The smallest absolute Gasteiger partial charge is 0.217 e. The van der Waals surface area contributed by atoms with Crippen LogP contribution in [0.15, 0.2) is 0 Å². The SMILES string of the molecule is CC(=O)N[C@@H]1[C@@H](O)[C@H](O[C@@H]2O[C@H](CO)[C@@H](O[C@@H]3O[C@H](CO[C@H]4O[C@H](CO[C@H]5O[C@H](CO)[C@@H](O)[C@H](O)[C@@H]5O)[C@@H](O)[C@H](O[C@H]5O[C@H](CO)[C@@H](O)[C@H](O)[C@@H]5O)[C@@H]4O)[C@@H](O[C@@H]4O[C@H](CO)[C@@H](O)[C@H](O)[C@H]4NC(C)=O)[C@H](O[C@H]4O[C@H](CO)[C@@H](O)[C@H](O)[C@@H]4O[C@@H]4O[C@H](CO)[C@@H](O)[C@H](O)[C@H]4NC(C)=O)[C@@H]3O)[C@H](O)[C@H]2NC(C)=O)[C@@H](CO[C@H]2O[C@H](C)[C@H](O)[C@H](O)[C@H]2O)O[C@H]1O. The van der Waals surface area contributed by atoms with Crippen LogP contribution in [-0.4, -0.2) is 528 Å². The maximum absolute atomic E-state index is 13.4. The third-order valence-electron chi connectivity index (χ3n) is 22.4. The number of aliphatic hydroxyl groups is 27. The van der Waals surface area contributed by atoms with E-state index in [1.54, 1.807) is 0 Å². The summed E-state index contributed by atoms with van der Waals surface area (Å²) >= 11 is 0. The lowest BCUT2D eigenvalue weighted by Gasteiger charge is -2.52. The van der Waals surface area contributed by atoms with Gasteiger partial charge in [0.2, 0.25) is 23.6 Å². The molecule has 0 aromatic heterocycles. The minimum Gasteiger partial charge on any atom is -0.394 e. The van der Waals surface area contributed by atoms with E-state index in [2.05, 4.69) is 21.3 Å². The Morgan fingerprint density at radius 1 is 0.230 bits per heavy atom. The predicted molar refractivity (Wildman–Crippen MR) is 375 cm³/mol. The molecule has 10 rings (SSSR count). The molecule has 122 heavy (non-hydrogen) atoms. The van der Waals surface area contributed by atoms with Crippen LogP contribution in [0, 0.1) is 0 Å². The van der Waals surface area contributed by atoms with Gasteiger partial charge in [-0.05, 0) is 6.92 Å². The summed E-state index contributed by atoms with van der Waals surface area (Å²) in [6, 6.07) is -7.78. The van der Waals surface area contributed by atoms with E-state index in [0.717, 1.165) is 27.7 Å². The van der Waals surface area contributed by atoms with Crippen molar-refractivity contribution < 1.29 is 247 Å². The fourth-order valence-electron chi connectivity index (χ4n) is 15.7. The second kappa shape index (κ2) is 43.6. The molecule has 0 aromatic rings. The Morgan fingerprint density at radius 3 is 0.992 bits per heavy atom. The highest BCUT2D eigenvalue weighted by Crippen LogP contribution is 2.41. The molecule has 10 aliphatic heterocycles. The molecule has 0 bridgehead atoms. The summed E-state index contributed by atoms with van der Waals surface area (Å²) in [6.45, 7) is -5.15. The van der Waals surface area contributed by atoms with Gasteiger partial charge in [0.1, 0.15) is 238 Å². The van der Waals surface area contributed by atoms with Crippen LogP contribution in [0.3, 0.4) is 0 Å². The van der Waals surface area contributed by atoms with E-state index in [-0.39, 0.29) is 0 Å². The minimum atomic E-state index is -2.75. The summed E-state index contributed by atoms with van der Waals surface area (Å²) in [6.07, 6.45) is -98.3. The van der Waals surface area contributed by atoms with Gasteiger partial charge in [-0.2, -0.15) is 0 Å². The number of carbonyl (C=O) groups excluding carboxylic acids is 4. The summed E-state index contributed by atoms with van der Waals surface area (Å²) in [4.78, 5) is 51.8. The van der Waals surface area contributed by atoms with Gasteiger partial charge in [-0.25, -0.2) is 0 Å². The number of rotatable bonds is 31. The molecule has 0 unspecified atom stereocenters. The fraction of sp³-hybridized carbons (Fsp3) is 0.941. The van der Waals surface area contributed by atoms with Crippen LogP contribution in [0.1, 0.15) is 34.6 Å². The first-order valence-corrected chi connectivity index (χ1v) is 39.0. The van der Waals surface area contributed by atoms with E-state index in [1.807, 2.05) is 0 Å². The van der Waals surface area contributed by atoms with Gasteiger partial charge in [-0.15, -0.1) is 0 Å². The molecule has 0 aliphatic carbocycles.